The highest BCUT2D eigenvalue weighted by Crippen LogP contribution is 2.47. The van der Waals surface area contributed by atoms with Crippen molar-refractivity contribution in [1.29, 1.82) is 0 Å². The van der Waals surface area contributed by atoms with Crippen molar-refractivity contribution in [3.05, 3.63) is 146 Å². The van der Waals surface area contributed by atoms with Crippen LogP contribution in [0.4, 0.5) is 0 Å². The van der Waals surface area contributed by atoms with Crippen molar-refractivity contribution in [2.45, 2.75) is 6.92 Å². The van der Waals surface area contributed by atoms with Gasteiger partial charge in [0, 0.05) is 68.2 Å². The van der Waals surface area contributed by atoms with Gasteiger partial charge in [0.15, 0.2) is 0 Å². The summed E-state index contributed by atoms with van der Waals surface area (Å²) >= 11 is 0. The fraction of sp³-hybridized carbons (Fsp3) is 0.0222. The molecule has 4 heterocycles. The number of furan rings is 2. The third-order valence-corrected chi connectivity index (χ3v) is 10.4. The Kier molecular flexibility index (Phi) is 5.28. The van der Waals surface area contributed by atoms with E-state index in [2.05, 4.69) is 108 Å². The van der Waals surface area contributed by atoms with E-state index in [0.29, 0.717) is 0 Å². The number of pyridine rings is 2. The lowest BCUT2D eigenvalue weighted by molar-refractivity contribution is 0.672. The molecule has 4 heteroatoms. The molecule has 0 unspecified atom stereocenters. The highest BCUT2D eigenvalue weighted by molar-refractivity contribution is 6.32. The number of nitrogens with zero attached hydrogens (tertiary/aromatic N) is 2. The minimum atomic E-state index is 0.887. The van der Waals surface area contributed by atoms with Gasteiger partial charge >= 0.3 is 0 Å². The Morgan fingerprint density at radius 2 is 0.878 bits per heavy atom. The zero-order valence-corrected chi connectivity index (χ0v) is 26.5. The van der Waals surface area contributed by atoms with E-state index in [1.165, 1.54) is 16.3 Å². The van der Waals surface area contributed by atoms with E-state index in [-0.39, 0.29) is 0 Å². The molecule has 49 heavy (non-hydrogen) atoms. The van der Waals surface area contributed by atoms with Crippen molar-refractivity contribution in [2.75, 3.05) is 0 Å². The standard InChI is InChI=1S/C45H26N2O2/c1-25-34-20-36(26-8-6-18-46-23-26)30-14-16-32-28-10-2-4-12-40(28)48-44(32)42(30)38(34)22-39-35(25)21-37(27-9-7-19-47-24-27)31-15-17-33-29-11-3-5-13-41(29)49-45(33)43(31)39/h2-24H,1H3. The van der Waals surface area contributed by atoms with Gasteiger partial charge in [0.05, 0.1) is 0 Å². The third-order valence-electron chi connectivity index (χ3n) is 10.4. The highest BCUT2D eigenvalue weighted by atomic mass is 16.3. The third kappa shape index (κ3) is 3.63. The smallest absolute Gasteiger partial charge is 0.143 e. The van der Waals surface area contributed by atoms with Gasteiger partial charge in [-0.15, -0.1) is 0 Å². The summed E-state index contributed by atoms with van der Waals surface area (Å²) in [5, 5.41) is 13.6. The van der Waals surface area contributed by atoms with Crippen LogP contribution in [-0.4, -0.2) is 9.97 Å². The van der Waals surface area contributed by atoms with Gasteiger partial charge in [0.25, 0.3) is 0 Å². The molecule has 4 nitrogen and oxygen atoms in total. The van der Waals surface area contributed by atoms with E-state index in [1.54, 1.807) is 0 Å². The lowest BCUT2D eigenvalue weighted by atomic mass is 9.85. The summed E-state index contributed by atoms with van der Waals surface area (Å²) < 4.78 is 13.5. The summed E-state index contributed by atoms with van der Waals surface area (Å²) in [6.07, 6.45) is 7.55. The van der Waals surface area contributed by atoms with Crippen LogP contribution in [0, 0.1) is 6.92 Å². The molecule has 0 amide bonds. The molecule has 0 aliphatic heterocycles. The summed E-state index contributed by atoms with van der Waals surface area (Å²) in [6.45, 7) is 2.25. The fourth-order valence-corrected chi connectivity index (χ4v) is 8.16. The van der Waals surface area contributed by atoms with Gasteiger partial charge in [-0.3, -0.25) is 9.97 Å². The summed E-state index contributed by atoms with van der Waals surface area (Å²) in [5.74, 6) is 0. The number of rotatable bonds is 2. The SMILES string of the molecule is Cc1c2cc(-c3cccnc3)c3ccc4c5ccccc5oc4c3c2cc2c1cc(-c1cccnc1)c1ccc3c4ccccc4oc3c12. The van der Waals surface area contributed by atoms with Crippen LogP contribution in [0.3, 0.4) is 0 Å². The average molecular weight is 627 g/mol. The molecule has 0 saturated carbocycles. The minimum absolute atomic E-state index is 0.887. The van der Waals surface area contributed by atoms with Crippen LogP contribution in [0.25, 0.3) is 109 Å². The Labute approximate surface area is 279 Å². The van der Waals surface area contributed by atoms with Crippen molar-refractivity contribution in [3.63, 3.8) is 0 Å². The molecule has 0 saturated heterocycles. The Hall–Kier alpha value is -6.52. The van der Waals surface area contributed by atoms with Gasteiger partial charge in [0.2, 0.25) is 0 Å². The second kappa shape index (κ2) is 9.75. The normalized spacial score (nSPS) is 12.2. The van der Waals surface area contributed by atoms with Gasteiger partial charge in [-0.1, -0.05) is 60.7 Å². The van der Waals surface area contributed by atoms with Crippen molar-refractivity contribution in [1.82, 2.24) is 9.97 Å². The Bertz CT molecular complexity index is 2940. The first kappa shape index (κ1) is 26.5. The van der Waals surface area contributed by atoms with E-state index in [1.807, 2.05) is 49.1 Å². The van der Waals surface area contributed by atoms with Crippen molar-refractivity contribution in [2.24, 2.45) is 0 Å². The fourth-order valence-electron chi connectivity index (χ4n) is 8.16. The van der Waals surface area contributed by atoms with Crippen LogP contribution in [0.2, 0.25) is 0 Å². The van der Waals surface area contributed by atoms with Crippen LogP contribution in [0.1, 0.15) is 5.56 Å². The first-order valence-corrected chi connectivity index (χ1v) is 16.5. The lowest BCUT2D eigenvalue weighted by Gasteiger charge is -2.18. The number of aryl methyl sites for hydroxylation is 1. The summed E-state index contributed by atoms with van der Waals surface area (Å²) in [7, 11) is 0. The minimum Gasteiger partial charge on any atom is -0.455 e. The van der Waals surface area contributed by atoms with E-state index >= 15 is 0 Å². The van der Waals surface area contributed by atoms with Gasteiger partial charge in [-0.25, -0.2) is 0 Å². The average Bonchev–Trinajstić information content (AvgIpc) is 3.74. The molecule has 0 aliphatic rings. The molecule has 11 rings (SSSR count). The summed E-state index contributed by atoms with van der Waals surface area (Å²) in [5.41, 5.74) is 9.19. The first-order valence-electron chi connectivity index (χ1n) is 16.5. The predicted molar refractivity (Wildman–Crippen MR) is 202 cm³/mol. The number of hydrogen-bond donors (Lipinski definition) is 0. The van der Waals surface area contributed by atoms with Crippen LogP contribution < -0.4 is 0 Å². The zero-order chi connectivity index (χ0) is 32.2. The van der Waals surface area contributed by atoms with Gasteiger partial charge in [-0.05, 0) is 111 Å². The highest BCUT2D eigenvalue weighted by Gasteiger charge is 2.22. The second-order valence-corrected chi connectivity index (χ2v) is 12.9. The molecule has 0 N–H and O–H groups in total. The lowest BCUT2D eigenvalue weighted by Crippen LogP contribution is -1.92. The largest absolute Gasteiger partial charge is 0.455 e. The molecule has 11 aromatic rings. The molecule has 0 spiro atoms. The maximum Gasteiger partial charge on any atom is 0.143 e. The molecule has 0 aliphatic carbocycles. The molecule has 0 bridgehead atoms. The second-order valence-electron chi connectivity index (χ2n) is 12.9. The molecule has 4 aromatic heterocycles. The first-order chi connectivity index (χ1) is 24.2. The maximum absolute atomic E-state index is 6.75. The van der Waals surface area contributed by atoms with E-state index in [4.69, 9.17) is 8.83 Å². The predicted octanol–water partition coefficient (Wildman–Crippen LogP) is 12.5. The molecule has 228 valence electrons. The van der Waals surface area contributed by atoms with Gasteiger partial charge < -0.3 is 8.83 Å². The number of benzene rings is 7. The van der Waals surface area contributed by atoms with Crippen molar-refractivity contribution >= 4 is 87.0 Å². The van der Waals surface area contributed by atoms with Crippen molar-refractivity contribution < 1.29 is 8.83 Å². The van der Waals surface area contributed by atoms with Gasteiger partial charge in [-0.2, -0.15) is 0 Å². The zero-order valence-electron chi connectivity index (χ0n) is 26.5. The van der Waals surface area contributed by atoms with Crippen molar-refractivity contribution in [3.8, 4) is 22.3 Å². The van der Waals surface area contributed by atoms with E-state index < -0.39 is 0 Å². The Morgan fingerprint density at radius 1 is 0.408 bits per heavy atom. The van der Waals surface area contributed by atoms with Crippen LogP contribution in [0.5, 0.6) is 0 Å². The molecule has 0 radical (unpaired) electrons. The topological polar surface area (TPSA) is 52.1 Å². The number of fused-ring (bicyclic) bond motifs is 14. The Morgan fingerprint density at radius 3 is 1.35 bits per heavy atom. The number of hydrogen-bond acceptors (Lipinski definition) is 4. The van der Waals surface area contributed by atoms with E-state index in [9.17, 15) is 0 Å². The van der Waals surface area contributed by atoms with Crippen LogP contribution in [0.15, 0.2) is 149 Å². The van der Waals surface area contributed by atoms with Crippen LogP contribution >= 0.6 is 0 Å². The maximum atomic E-state index is 6.75. The molecule has 0 fully saturated rings. The summed E-state index contributed by atoms with van der Waals surface area (Å²) in [4.78, 5) is 9.01. The van der Waals surface area contributed by atoms with Crippen LogP contribution in [-0.2, 0) is 0 Å². The van der Waals surface area contributed by atoms with E-state index in [0.717, 1.165) is 98.4 Å². The molecule has 0 atom stereocenters. The number of aromatic nitrogens is 2. The Balaban J connectivity index is 1.40. The van der Waals surface area contributed by atoms with Gasteiger partial charge in [0.1, 0.15) is 22.3 Å². The summed E-state index contributed by atoms with van der Waals surface area (Å²) in [6, 6.07) is 40.9. The molecular weight excluding hydrogens is 601 g/mol. The number of para-hydroxylation sites is 2. The monoisotopic (exact) mass is 626 g/mol. The molecular formula is C45H26N2O2. The quantitative estimate of drug-likeness (QED) is 0.141. The molecule has 7 aromatic carbocycles.